The quantitative estimate of drug-likeness (QED) is 0.0820. The van der Waals surface area contributed by atoms with E-state index >= 15 is 0 Å². The Labute approximate surface area is 282 Å². The number of fused-ring (bicyclic) bond motifs is 3. The Morgan fingerprint density at radius 3 is 1.96 bits per heavy atom. The molecule has 0 saturated heterocycles. The highest BCUT2D eigenvalue weighted by Gasteiger charge is 2.49. The van der Waals surface area contributed by atoms with E-state index in [1.54, 1.807) is 42.6 Å². The molecule has 1 aromatic heterocycles. The summed E-state index contributed by atoms with van der Waals surface area (Å²) in [6, 6.07) is 30.3. The second-order valence-corrected chi connectivity index (χ2v) is 12.3. The zero-order valence-electron chi connectivity index (χ0n) is 25.7. The molecule has 4 aromatic carbocycles. The van der Waals surface area contributed by atoms with Gasteiger partial charge in [-0.05, 0) is 82.4 Å². The predicted molar refractivity (Wildman–Crippen MR) is 177 cm³/mol. The molecule has 0 aliphatic heterocycles. The molecule has 12 heteroatoms. The number of carbonyl (C=O) groups excluding carboxylic acids is 1. The van der Waals surface area contributed by atoms with Gasteiger partial charge in [0, 0.05) is 11.0 Å². The van der Waals surface area contributed by atoms with Gasteiger partial charge in [-0.1, -0.05) is 78.9 Å². The summed E-state index contributed by atoms with van der Waals surface area (Å²) in [5.74, 6) is -0.392. The number of aromatic nitrogens is 1. The lowest BCUT2D eigenvalue weighted by Crippen LogP contribution is -2.47. The van der Waals surface area contributed by atoms with Crippen molar-refractivity contribution in [2.75, 3.05) is 17.9 Å². The number of carbonyl (C=O) groups is 1. The van der Waals surface area contributed by atoms with Crippen molar-refractivity contribution in [2.45, 2.75) is 35.5 Å². The molecule has 1 aliphatic rings. The maximum Gasteiger partial charge on any atom is 0.416 e. The van der Waals surface area contributed by atoms with E-state index in [0.717, 1.165) is 33.7 Å². The highest BCUT2D eigenvalue weighted by molar-refractivity contribution is 8.00. The van der Waals surface area contributed by atoms with Crippen LogP contribution >= 0.6 is 11.9 Å². The lowest BCUT2D eigenvalue weighted by molar-refractivity contribution is -0.141. The minimum Gasteiger partial charge on any atom is -0.478 e. The Morgan fingerprint density at radius 1 is 0.755 bits per heavy atom. The van der Waals surface area contributed by atoms with Gasteiger partial charge in [0.1, 0.15) is 12.0 Å². The number of nitrogens with one attached hydrogen (secondary N) is 2. The summed E-state index contributed by atoms with van der Waals surface area (Å²) in [6.45, 7) is -1.27. The average Bonchev–Trinajstić information content (AvgIpc) is 3.39. The van der Waals surface area contributed by atoms with Crippen LogP contribution in [0.4, 0.5) is 32.0 Å². The van der Waals surface area contributed by atoms with Gasteiger partial charge >= 0.3 is 12.4 Å². The van der Waals surface area contributed by atoms with Crippen molar-refractivity contribution < 1.29 is 35.9 Å². The van der Waals surface area contributed by atoms with Gasteiger partial charge in [0.15, 0.2) is 0 Å². The molecule has 252 valence electrons. The van der Waals surface area contributed by atoms with Crippen LogP contribution in [0.2, 0.25) is 0 Å². The Bertz CT molecular complexity index is 1880. The van der Waals surface area contributed by atoms with Crippen molar-refractivity contribution >= 4 is 23.5 Å². The third-order valence-corrected chi connectivity index (χ3v) is 9.19. The van der Waals surface area contributed by atoms with Gasteiger partial charge in [-0.15, -0.1) is 0 Å². The third kappa shape index (κ3) is 7.39. The van der Waals surface area contributed by atoms with E-state index in [9.17, 15) is 31.1 Å². The Morgan fingerprint density at radius 2 is 1.37 bits per heavy atom. The van der Waals surface area contributed by atoms with Gasteiger partial charge in [-0.3, -0.25) is 4.79 Å². The second kappa shape index (κ2) is 13.9. The average molecular weight is 694 g/mol. The fourth-order valence-corrected chi connectivity index (χ4v) is 6.86. The first kappa shape index (κ1) is 33.9. The monoisotopic (exact) mass is 693 g/mol. The van der Waals surface area contributed by atoms with E-state index in [4.69, 9.17) is 4.74 Å². The summed E-state index contributed by atoms with van der Waals surface area (Å²) in [4.78, 5) is 18.8. The number of hydrogen-bond donors (Lipinski definition) is 2. The van der Waals surface area contributed by atoms with Crippen LogP contribution in [0.1, 0.15) is 29.5 Å². The minimum absolute atomic E-state index is 0.160. The molecule has 1 aliphatic carbocycles. The van der Waals surface area contributed by atoms with E-state index in [2.05, 4.69) is 15.0 Å². The largest absolute Gasteiger partial charge is 0.478 e. The van der Waals surface area contributed by atoms with Crippen LogP contribution in [0, 0.1) is 0 Å². The van der Waals surface area contributed by atoms with Crippen molar-refractivity contribution in [1.82, 2.24) is 10.3 Å². The number of alkyl halides is 6. The number of ether oxygens (including phenoxy) is 1. The van der Waals surface area contributed by atoms with E-state index < -0.39 is 35.8 Å². The van der Waals surface area contributed by atoms with E-state index in [1.807, 2.05) is 48.5 Å². The molecule has 0 radical (unpaired) electrons. The van der Waals surface area contributed by atoms with Crippen LogP contribution in [0.3, 0.4) is 0 Å². The molecule has 1 heterocycles. The maximum atomic E-state index is 13.6. The molecular formula is C37H29F6N3O2S. The standard InChI is InChI=1S/C37H29F6N3O2S/c38-36(39,40)23-45-34(47)35(30-11-4-1-9-28(30)29-10-2-5-12-31(29)35)20-7-21-48-33-19-18-26(22-44-33)46-49-32-13-6-3-8-27(32)24-14-16-25(17-15-24)37(41,42)43/h1-6,8-19,22,46H,7,20-21,23H2,(H,45,47). The summed E-state index contributed by atoms with van der Waals surface area (Å²) in [6.07, 6.45) is -6.85. The predicted octanol–water partition coefficient (Wildman–Crippen LogP) is 9.69. The molecule has 49 heavy (non-hydrogen) atoms. The van der Waals surface area contributed by atoms with Gasteiger partial charge in [0.25, 0.3) is 0 Å². The van der Waals surface area contributed by atoms with E-state index in [-0.39, 0.29) is 13.0 Å². The van der Waals surface area contributed by atoms with Gasteiger partial charge in [-0.2, -0.15) is 26.3 Å². The second-order valence-electron chi connectivity index (χ2n) is 11.4. The molecule has 2 N–H and O–H groups in total. The van der Waals surface area contributed by atoms with Crippen LogP contribution in [0.5, 0.6) is 5.88 Å². The molecule has 0 fully saturated rings. The van der Waals surface area contributed by atoms with Gasteiger partial charge < -0.3 is 14.8 Å². The van der Waals surface area contributed by atoms with Crippen LogP contribution < -0.4 is 14.8 Å². The van der Waals surface area contributed by atoms with Gasteiger partial charge in [0.05, 0.1) is 24.1 Å². The molecule has 0 atom stereocenters. The first-order valence-corrected chi connectivity index (χ1v) is 16.1. The number of nitrogens with zero attached hydrogens (tertiary/aromatic N) is 1. The normalized spacial score (nSPS) is 13.3. The fourth-order valence-electron chi connectivity index (χ4n) is 6.07. The summed E-state index contributed by atoms with van der Waals surface area (Å²) in [5.41, 5.74) is 2.95. The Balaban J connectivity index is 1.10. The molecule has 6 rings (SSSR count). The number of pyridine rings is 1. The first-order chi connectivity index (χ1) is 23.5. The number of amides is 1. The maximum absolute atomic E-state index is 13.6. The summed E-state index contributed by atoms with van der Waals surface area (Å²) < 4.78 is 87.5. The number of anilines is 1. The van der Waals surface area contributed by atoms with Crippen molar-refractivity contribution in [3.8, 4) is 28.1 Å². The summed E-state index contributed by atoms with van der Waals surface area (Å²) in [5, 5.41) is 2.13. The minimum atomic E-state index is -4.56. The SMILES string of the molecule is O=C(NCC(F)(F)F)C1(CCCOc2ccc(NSc3ccccc3-c3ccc(C(F)(F)F)cc3)cn2)c2ccccc2-c2ccccc21. The van der Waals surface area contributed by atoms with Gasteiger partial charge in [-0.25, -0.2) is 4.98 Å². The number of benzene rings is 4. The number of hydrogen-bond acceptors (Lipinski definition) is 5. The lowest BCUT2D eigenvalue weighted by atomic mass is 9.73. The van der Waals surface area contributed by atoms with Crippen molar-refractivity contribution in [1.29, 1.82) is 0 Å². The fraction of sp³-hybridized carbons (Fsp3) is 0.189. The van der Waals surface area contributed by atoms with Crippen molar-refractivity contribution in [3.63, 3.8) is 0 Å². The van der Waals surface area contributed by atoms with E-state index in [1.165, 1.54) is 24.1 Å². The third-order valence-electron chi connectivity index (χ3n) is 8.27. The smallest absolute Gasteiger partial charge is 0.416 e. The van der Waals surface area contributed by atoms with Crippen LogP contribution in [0.15, 0.2) is 120 Å². The van der Waals surface area contributed by atoms with E-state index in [0.29, 0.717) is 34.7 Å². The molecule has 0 saturated carbocycles. The lowest BCUT2D eigenvalue weighted by Gasteiger charge is -2.31. The van der Waals surface area contributed by atoms with Crippen molar-refractivity contribution in [3.05, 3.63) is 132 Å². The molecule has 1 amide bonds. The highest BCUT2D eigenvalue weighted by atomic mass is 32.2. The van der Waals surface area contributed by atoms with Crippen LogP contribution in [0.25, 0.3) is 22.3 Å². The number of rotatable bonds is 11. The molecule has 0 spiro atoms. The Hall–Kier alpha value is -4.97. The first-order valence-electron chi connectivity index (χ1n) is 15.3. The molecule has 5 nitrogen and oxygen atoms in total. The number of halogens is 6. The van der Waals surface area contributed by atoms with Crippen molar-refractivity contribution in [2.24, 2.45) is 0 Å². The molecular weight excluding hydrogens is 664 g/mol. The van der Waals surface area contributed by atoms with Crippen LogP contribution in [-0.2, 0) is 16.4 Å². The Kier molecular flexibility index (Phi) is 9.60. The van der Waals surface area contributed by atoms with Crippen LogP contribution in [-0.4, -0.2) is 30.2 Å². The molecule has 0 unspecified atom stereocenters. The van der Waals surface area contributed by atoms with Gasteiger partial charge in [0.2, 0.25) is 11.8 Å². The topological polar surface area (TPSA) is 63.2 Å². The highest BCUT2D eigenvalue weighted by Crippen LogP contribution is 2.51. The summed E-state index contributed by atoms with van der Waals surface area (Å²) in [7, 11) is 0. The summed E-state index contributed by atoms with van der Waals surface area (Å²) >= 11 is 1.28. The molecule has 0 bridgehead atoms. The molecule has 5 aromatic rings. The zero-order chi connectivity index (χ0) is 34.6. The zero-order valence-corrected chi connectivity index (χ0v) is 26.6.